The Morgan fingerprint density at radius 1 is 1.35 bits per heavy atom. The van der Waals surface area contributed by atoms with Crippen LogP contribution in [0, 0.1) is 6.92 Å². The number of carbonyl (C=O) groups is 1. The van der Waals surface area contributed by atoms with Gasteiger partial charge in [-0.1, -0.05) is 41.3 Å². The number of carbonyl (C=O) groups excluding carboxylic acids is 1. The summed E-state index contributed by atoms with van der Waals surface area (Å²) < 4.78 is 0.836. The zero-order chi connectivity index (χ0) is 14.1. The number of aryl methyl sites for hydroxylation is 1. The van der Waals surface area contributed by atoms with Crippen LogP contribution in [0.3, 0.4) is 0 Å². The molecule has 4 nitrogen and oxygen atoms in total. The maximum atomic E-state index is 12.5. The van der Waals surface area contributed by atoms with Crippen molar-refractivity contribution in [2.24, 2.45) is 0 Å². The van der Waals surface area contributed by atoms with E-state index in [9.17, 15) is 4.79 Å². The summed E-state index contributed by atoms with van der Waals surface area (Å²) in [6, 6.07) is 7.83. The average molecular weight is 303 g/mol. The lowest BCUT2D eigenvalue weighted by atomic mass is 10.1. The summed E-state index contributed by atoms with van der Waals surface area (Å²) in [5.41, 5.74) is 1.72. The number of thioether (sulfide) groups is 1. The molecule has 1 aromatic carbocycles. The highest BCUT2D eigenvalue weighted by Gasteiger charge is 2.21. The van der Waals surface area contributed by atoms with Gasteiger partial charge in [-0.3, -0.25) is 4.79 Å². The molecule has 3 aromatic rings. The lowest BCUT2D eigenvalue weighted by Crippen LogP contribution is -2.12. The number of H-pyrrole nitrogens is 1. The van der Waals surface area contributed by atoms with Crippen molar-refractivity contribution in [1.29, 1.82) is 0 Å². The van der Waals surface area contributed by atoms with Crippen LogP contribution in [0.15, 0.2) is 34.8 Å². The molecule has 0 fully saturated rings. The molecule has 1 atom stereocenters. The van der Waals surface area contributed by atoms with Crippen molar-refractivity contribution in [3.8, 4) is 0 Å². The van der Waals surface area contributed by atoms with Crippen LogP contribution in [0.1, 0.15) is 22.3 Å². The van der Waals surface area contributed by atoms with Crippen LogP contribution in [0.4, 0.5) is 0 Å². The Morgan fingerprint density at radius 2 is 2.15 bits per heavy atom. The first-order valence-corrected chi connectivity index (χ1v) is 7.92. The Hall–Kier alpha value is -1.66. The van der Waals surface area contributed by atoms with Crippen LogP contribution >= 0.6 is 23.1 Å². The highest BCUT2D eigenvalue weighted by Crippen LogP contribution is 2.29. The fourth-order valence-electron chi connectivity index (χ4n) is 2.03. The van der Waals surface area contributed by atoms with Gasteiger partial charge in [0.2, 0.25) is 0 Å². The minimum Gasteiger partial charge on any atom is -0.360 e. The molecular weight excluding hydrogens is 290 g/mol. The number of rotatable bonds is 4. The molecule has 2 aromatic heterocycles. The molecule has 0 saturated carbocycles. The van der Waals surface area contributed by atoms with E-state index in [0.717, 1.165) is 25.8 Å². The number of ketones is 1. The van der Waals surface area contributed by atoms with Crippen molar-refractivity contribution in [3.05, 3.63) is 41.0 Å². The number of aromatic nitrogens is 3. The molecule has 0 aliphatic carbocycles. The highest BCUT2D eigenvalue weighted by atomic mass is 32.2. The molecule has 3 rings (SSSR count). The molecule has 0 bridgehead atoms. The van der Waals surface area contributed by atoms with Gasteiger partial charge in [0.05, 0.1) is 5.25 Å². The van der Waals surface area contributed by atoms with Gasteiger partial charge in [0.1, 0.15) is 5.01 Å². The maximum Gasteiger partial charge on any atom is 0.178 e. The SMILES string of the molecule is Cc1nnc(S[C@@H](C)C(=O)c2c[nH]c3ccccc23)s1. The summed E-state index contributed by atoms with van der Waals surface area (Å²) in [5, 5.41) is 9.73. The van der Waals surface area contributed by atoms with Gasteiger partial charge in [-0.15, -0.1) is 10.2 Å². The summed E-state index contributed by atoms with van der Waals surface area (Å²) in [7, 11) is 0. The number of nitrogens with one attached hydrogen (secondary N) is 1. The monoisotopic (exact) mass is 303 g/mol. The first kappa shape index (κ1) is 13.3. The molecule has 0 amide bonds. The summed E-state index contributed by atoms with van der Waals surface area (Å²) in [6.45, 7) is 3.82. The predicted molar refractivity (Wildman–Crippen MR) is 82.6 cm³/mol. The third kappa shape index (κ3) is 2.48. The van der Waals surface area contributed by atoms with Gasteiger partial charge in [0.15, 0.2) is 10.1 Å². The van der Waals surface area contributed by atoms with Crippen molar-refractivity contribution in [2.45, 2.75) is 23.4 Å². The second-order valence-corrected chi connectivity index (χ2v) is 7.23. The van der Waals surface area contributed by atoms with E-state index in [4.69, 9.17) is 0 Å². The normalized spacial score (nSPS) is 12.7. The first-order valence-electron chi connectivity index (χ1n) is 6.22. The summed E-state index contributed by atoms with van der Waals surface area (Å²) in [5.74, 6) is 0.111. The second-order valence-electron chi connectivity index (χ2n) is 4.46. The maximum absolute atomic E-state index is 12.5. The van der Waals surface area contributed by atoms with Crippen LogP contribution < -0.4 is 0 Å². The van der Waals surface area contributed by atoms with Crippen molar-refractivity contribution >= 4 is 39.8 Å². The standard InChI is InChI=1S/C14H13N3OS2/c1-8(19-14-17-16-9(2)20-14)13(18)11-7-15-12-6-4-3-5-10(11)12/h3-8,15H,1-2H3/t8-/m0/s1. The Labute approximate surface area is 124 Å². The van der Waals surface area contributed by atoms with Gasteiger partial charge >= 0.3 is 0 Å². The molecule has 0 radical (unpaired) electrons. The fourth-order valence-corrected chi connectivity index (χ4v) is 4.05. The lowest BCUT2D eigenvalue weighted by Gasteiger charge is -2.06. The number of aromatic amines is 1. The zero-order valence-electron chi connectivity index (χ0n) is 11.1. The van der Waals surface area contributed by atoms with Crippen LogP contribution in [0.5, 0.6) is 0 Å². The molecule has 20 heavy (non-hydrogen) atoms. The van der Waals surface area contributed by atoms with E-state index in [-0.39, 0.29) is 11.0 Å². The molecule has 0 aliphatic heterocycles. The van der Waals surface area contributed by atoms with Crippen molar-refractivity contribution in [3.63, 3.8) is 0 Å². The number of hydrogen-bond acceptors (Lipinski definition) is 5. The van der Waals surface area contributed by atoms with Gasteiger partial charge in [0, 0.05) is 22.7 Å². The van der Waals surface area contributed by atoms with E-state index in [1.54, 1.807) is 6.20 Å². The Kier molecular flexibility index (Phi) is 3.58. The number of nitrogens with zero attached hydrogens (tertiary/aromatic N) is 2. The molecular formula is C14H13N3OS2. The summed E-state index contributed by atoms with van der Waals surface area (Å²) in [6.07, 6.45) is 1.79. The fraction of sp³-hybridized carbons (Fsp3) is 0.214. The summed E-state index contributed by atoms with van der Waals surface area (Å²) >= 11 is 2.98. The van der Waals surface area contributed by atoms with E-state index in [2.05, 4.69) is 15.2 Å². The van der Waals surface area contributed by atoms with E-state index in [1.807, 2.05) is 38.1 Å². The predicted octanol–water partition coefficient (Wildman–Crippen LogP) is 3.69. The number of benzene rings is 1. The smallest absolute Gasteiger partial charge is 0.178 e. The topological polar surface area (TPSA) is 58.6 Å². The lowest BCUT2D eigenvalue weighted by molar-refractivity contribution is 0.0995. The minimum atomic E-state index is -0.179. The van der Waals surface area contributed by atoms with Gasteiger partial charge < -0.3 is 4.98 Å². The Morgan fingerprint density at radius 3 is 2.90 bits per heavy atom. The van der Waals surface area contributed by atoms with Crippen molar-refractivity contribution in [1.82, 2.24) is 15.2 Å². The zero-order valence-corrected chi connectivity index (χ0v) is 12.7. The number of hydrogen-bond donors (Lipinski definition) is 1. The molecule has 6 heteroatoms. The molecule has 2 heterocycles. The quantitative estimate of drug-likeness (QED) is 0.590. The van der Waals surface area contributed by atoms with Gasteiger partial charge in [-0.05, 0) is 19.9 Å². The van der Waals surface area contributed by atoms with Crippen LogP contribution in [-0.4, -0.2) is 26.2 Å². The molecule has 0 spiro atoms. The van der Waals surface area contributed by atoms with E-state index in [1.165, 1.54) is 23.1 Å². The third-order valence-corrected chi connectivity index (χ3v) is 5.03. The minimum absolute atomic E-state index is 0.111. The summed E-state index contributed by atoms with van der Waals surface area (Å²) in [4.78, 5) is 15.7. The second kappa shape index (κ2) is 5.38. The molecule has 102 valence electrons. The van der Waals surface area contributed by atoms with Crippen LogP contribution in [0.2, 0.25) is 0 Å². The van der Waals surface area contributed by atoms with E-state index < -0.39 is 0 Å². The highest BCUT2D eigenvalue weighted by molar-refractivity contribution is 8.02. The Bertz CT molecular complexity index is 762. The average Bonchev–Trinajstić information content (AvgIpc) is 3.04. The number of Topliss-reactive ketones (excluding diaryl/α,β-unsaturated/α-hetero) is 1. The van der Waals surface area contributed by atoms with Gasteiger partial charge in [0.25, 0.3) is 0 Å². The largest absolute Gasteiger partial charge is 0.360 e. The van der Waals surface area contributed by atoms with Gasteiger partial charge in [-0.25, -0.2) is 0 Å². The first-order chi connectivity index (χ1) is 9.65. The Balaban J connectivity index is 1.84. The molecule has 1 N–H and O–H groups in total. The molecule has 0 saturated heterocycles. The number of para-hydroxylation sites is 1. The van der Waals surface area contributed by atoms with E-state index in [0.29, 0.717) is 0 Å². The van der Waals surface area contributed by atoms with Crippen LogP contribution in [-0.2, 0) is 0 Å². The van der Waals surface area contributed by atoms with Crippen molar-refractivity contribution < 1.29 is 4.79 Å². The van der Waals surface area contributed by atoms with Crippen LogP contribution in [0.25, 0.3) is 10.9 Å². The third-order valence-electron chi connectivity index (χ3n) is 3.01. The van der Waals surface area contributed by atoms with Gasteiger partial charge in [-0.2, -0.15) is 0 Å². The number of fused-ring (bicyclic) bond motifs is 1. The molecule has 0 unspecified atom stereocenters. The van der Waals surface area contributed by atoms with E-state index >= 15 is 0 Å². The molecule has 0 aliphatic rings. The van der Waals surface area contributed by atoms with Crippen molar-refractivity contribution in [2.75, 3.05) is 0 Å².